The number of aliphatic hydroxyl groups is 1. The standard InChI is InChI=1S/C15H15F3N2O3S/c1-8-12(19-23-13(8)15(16,17)18)10-4-5-11(24-10)14(22)20-6-2-3-9(21)7-20/h4-5,9,21H,2-3,6-7H2,1H3/t9-/m0/s1. The molecule has 1 fully saturated rings. The van der Waals surface area contributed by atoms with Gasteiger partial charge in [0.05, 0.1) is 15.9 Å². The first-order chi connectivity index (χ1) is 11.3. The Labute approximate surface area is 139 Å². The molecule has 1 aliphatic heterocycles. The highest BCUT2D eigenvalue weighted by molar-refractivity contribution is 7.17. The number of hydrogen-bond donors (Lipinski definition) is 1. The number of amides is 1. The van der Waals surface area contributed by atoms with Crippen LogP contribution >= 0.6 is 11.3 Å². The normalized spacial score (nSPS) is 18.9. The highest BCUT2D eigenvalue weighted by Gasteiger charge is 2.39. The molecule has 0 aromatic carbocycles. The summed E-state index contributed by atoms with van der Waals surface area (Å²) in [6.07, 6.45) is -3.75. The van der Waals surface area contributed by atoms with E-state index in [-0.39, 0.29) is 23.7 Å². The summed E-state index contributed by atoms with van der Waals surface area (Å²) in [5.41, 5.74) is -0.0122. The van der Waals surface area contributed by atoms with Crippen molar-refractivity contribution >= 4 is 17.2 Å². The summed E-state index contributed by atoms with van der Waals surface area (Å²) in [5, 5.41) is 13.2. The number of alkyl halides is 3. The van der Waals surface area contributed by atoms with Crippen molar-refractivity contribution in [2.45, 2.75) is 32.0 Å². The lowest BCUT2D eigenvalue weighted by Crippen LogP contribution is -2.41. The first kappa shape index (κ1) is 17.0. The van der Waals surface area contributed by atoms with Crippen molar-refractivity contribution in [2.24, 2.45) is 0 Å². The zero-order valence-corrected chi connectivity index (χ0v) is 13.6. The predicted octanol–water partition coefficient (Wildman–Crippen LogP) is 3.33. The van der Waals surface area contributed by atoms with Gasteiger partial charge in [0.2, 0.25) is 5.76 Å². The molecule has 0 aliphatic carbocycles. The number of aliphatic hydroxyl groups excluding tert-OH is 1. The van der Waals surface area contributed by atoms with Crippen LogP contribution in [0.4, 0.5) is 13.2 Å². The molecule has 130 valence electrons. The van der Waals surface area contributed by atoms with Crippen LogP contribution in [0, 0.1) is 6.92 Å². The number of carbonyl (C=O) groups excluding carboxylic acids is 1. The third kappa shape index (κ3) is 3.18. The van der Waals surface area contributed by atoms with Gasteiger partial charge in [0.1, 0.15) is 5.69 Å². The maximum absolute atomic E-state index is 12.8. The van der Waals surface area contributed by atoms with Gasteiger partial charge >= 0.3 is 6.18 Å². The van der Waals surface area contributed by atoms with Crippen LogP contribution in [-0.4, -0.2) is 40.3 Å². The van der Waals surface area contributed by atoms with Gasteiger partial charge in [0.25, 0.3) is 5.91 Å². The molecule has 24 heavy (non-hydrogen) atoms. The number of halogens is 3. The van der Waals surface area contributed by atoms with Crippen LogP contribution < -0.4 is 0 Å². The average molecular weight is 360 g/mol. The highest BCUT2D eigenvalue weighted by Crippen LogP contribution is 2.38. The first-order valence-corrected chi connectivity index (χ1v) is 8.20. The minimum absolute atomic E-state index is 0.0880. The Morgan fingerprint density at radius 1 is 1.46 bits per heavy atom. The maximum atomic E-state index is 12.8. The lowest BCUT2D eigenvalue weighted by Gasteiger charge is -2.29. The van der Waals surface area contributed by atoms with Gasteiger partial charge in [-0.3, -0.25) is 4.79 Å². The summed E-state index contributed by atoms with van der Waals surface area (Å²) < 4.78 is 42.7. The lowest BCUT2D eigenvalue weighted by atomic mass is 10.1. The molecule has 2 aromatic heterocycles. The molecule has 2 aromatic rings. The zero-order chi connectivity index (χ0) is 17.5. The van der Waals surface area contributed by atoms with Crippen LogP contribution in [0.5, 0.6) is 0 Å². The van der Waals surface area contributed by atoms with E-state index in [0.717, 1.165) is 17.8 Å². The highest BCUT2D eigenvalue weighted by atomic mass is 32.1. The monoisotopic (exact) mass is 360 g/mol. The van der Waals surface area contributed by atoms with Gasteiger partial charge in [0, 0.05) is 18.7 Å². The Balaban J connectivity index is 1.83. The largest absolute Gasteiger partial charge is 0.452 e. The fourth-order valence-corrected chi connectivity index (χ4v) is 3.72. The van der Waals surface area contributed by atoms with Gasteiger partial charge in [-0.05, 0) is 31.9 Å². The molecule has 0 radical (unpaired) electrons. The molecule has 5 nitrogen and oxygen atoms in total. The average Bonchev–Trinajstić information content (AvgIpc) is 3.12. The van der Waals surface area contributed by atoms with Crippen LogP contribution in [0.3, 0.4) is 0 Å². The van der Waals surface area contributed by atoms with Crippen LogP contribution in [0.1, 0.15) is 33.8 Å². The Morgan fingerprint density at radius 3 is 2.83 bits per heavy atom. The topological polar surface area (TPSA) is 66.6 Å². The number of likely N-dealkylation sites (tertiary alicyclic amines) is 1. The van der Waals surface area contributed by atoms with Gasteiger partial charge in [-0.1, -0.05) is 5.16 Å². The summed E-state index contributed by atoms with van der Waals surface area (Å²) in [4.78, 5) is 14.8. The number of piperidine rings is 1. The lowest BCUT2D eigenvalue weighted by molar-refractivity contribution is -0.156. The minimum atomic E-state index is -4.60. The smallest absolute Gasteiger partial charge is 0.391 e. The van der Waals surface area contributed by atoms with E-state index >= 15 is 0 Å². The van der Waals surface area contributed by atoms with Gasteiger partial charge in [0.15, 0.2) is 0 Å². The van der Waals surface area contributed by atoms with Crippen molar-refractivity contribution < 1.29 is 27.6 Å². The predicted molar refractivity (Wildman–Crippen MR) is 80.7 cm³/mol. The summed E-state index contributed by atoms with van der Waals surface area (Å²) in [7, 11) is 0. The molecular weight excluding hydrogens is 345 g/mol. The van der Waals surface area contributed by atoms with E-state index in [1.54, 1.807) is 17.0 Å². The molecule has 1 saturated heterocycles. The molecule has 0 saturated carbocycles. The first-order valence-electron chi connectivity index (χ1n) is 7.38. The fourth-order valence-electron chi connectivity index (χ4n) is 2.71. The van der Waals surface area contributed by atoms with Gasteiger partial charge in [-0.2, -0.15) is 13.2 Å². The molecule has 1 aliphatic rings. The molecule has 1 amide bonds. The number of aromatic nitrogens is 1. The molecule has 0 bridgehead atoms. The Hall–Kier alpha value is -1.87. The van der Waals surface area contributed by atoms with Gasteiger partial charge in [-0.25, -0.2) is 0 Å². The quantitative estimate of drug-likeness (QED) is 0.892. The van der Waals surface area contributed by atoms with Gasteiger partial charge < -0.3 is 14.5 Å². The SMILES string of the molecule is Cc1c(-c2ccc(C(=O)N3CCC[C@H](O)C3)s2)noc1C(F)(F)F. The van der Waals surface area contributed by atoms with Crippen LogP contribution in [0.25, 0.3) is 10.6 Å². The molecule has 3 rings (SSSR count). The van der Waals surface area contributed by atoms with E-state index in [1.807, 2.05) is 0 Å². The second-order valence-electron chi connectivity index (χ2n) is 5.69. The molecule has 0 unspecified atom stereocenters. The van der Waals surface area contributed by atoms with E-state index < -0.39 is 18.0 Å². The van der Waals surface area contributed by atoms with E-state index in [9.17, 15) is 23.1 Å². The fraction of sp³-hybridized carbons (Fsp3) is 0.467. The van der Waals surface area contributed by atoms with Crippen molar-refractivity contribution in [3.05, 3.63) is 28.3 Å². The van der Waals surface area contributed by atoms with E-state index in [1.165, 1.54) is 6.92 Å². The second kappa shape index (κ2) is 6.21. The summed E-state index contributed by atoms with van der Waals surface area (Å²) in [6, 6.07) is 3.12. The number of thiophene rings is 1. The number of nitrogens with zero attached hydrogens (tertiary/aromatic N) is 2. The summed E-state index contributed by atoms with van der Waals surface area (Å²) >= 11 is 1.06. The van der Waals surface area contributed by atoms with E-state index in [2.05, 4.69) is 9.68 Å². The summed E-state index contributed by atoms with van der Waals surface area (Å²) in [6.45, 7) is 2.12. The Morgan fingerprint density at radius 2 is 2.21 bits per heavy atom. The number of rotatable bonds is 2. The second-order valence-corrected chi connectivity index (χ2v) is 6.78. The minimum Gasteiger partial charge on any atom is -0.391 e. The van der Waals surface area contributed by atoms with Crippen molar-refractivity contribution in [1.82, 2.24) is 10.1 Å². The number of hydrogen-bond acceptors (Lipinski definition) is 5. The molecule has 9 heteroatoms. The van der Waals surface area contributed by atoms with Crippen molar-refractivity contribution in [2.75, 3.05) is 13.1 Å². The van der Waals surface area contributed by atoms with Crippen molar-refractivity contribution in [3.8, 4) is 10.6 Å². The van der Waals surface area contributed by atoms with E-state index in [4.69, 9.17) is 0 Å². The van der Waals surface area contributed by atoms with Crippen LogP contribution in [0.15, 0.2) is 16.7 Å². The maximum Gasteiger partial charge on any atom is 0.452 e. The van der Waals surface area contributed by atoms with Gasteiger partial charge in [-0.15, -0.1) is 11.3 Å². The van der Waals surface area contributed by atoms with Crippen LogP contribution in [-0.2, 0) is 6.18 Å². The third-order valence-corrected chi connectivity index (χ3v) is 5.00. The Kier molecular flexibility index (Phi) is 4.39. The molecule has 3 heterocycles. The zero-order valence-electron chi connectivity index (χ0n) is 12.8. The Bertz CT molecular complexity index is 753. The van der Waals surface area contributed by atoms with Crippen molar-refractivity contribution in [3.63, 3.8) is 0 Å². The molecule has 1 atom stereocenters. The number of β-amino-alcohol motifs (C(OH)–C–C–N with tert-alkyl or cyclic N) is 1. The molecular formula is C15H15F3N2O3S. The summed E-state index contributed by atoms with van der Waals surface area (Å²) in [5.74, 6) is -1.36. The molecule has 1 N–H and O–H groups in total. The van der Waals surface area contributed by atoms with Crippen LogP contribution in [0.2, 0.25) is 0 Å². The third-order valence-electron chi connectivity index (χ3n) is 3.92. The van der Waals surface area contributed by atoms with Crippen molar-refractivity contribution in [1.29, 1.82) is 0 Å². The molecule has 0 spiro atoms. The number of carbonyl (C=O) groups is 1. The van der Waals surface area contributed by atoms with E-state index in [0.29, 0.717) is 22.7 Å².